The van der Waals surface area contributed by atoms with Crippen LogP contribution in [0.2, 0.25) is 0 Å². The average molecular weight is 456 g/mol. The molecule has 1 aliphatic heterocycles. The molecule has 156 valence electrons. The Hall–Kier alpha value is -1.44. The molecular weight excluding hydrogens is 426 g/mol. The van der Waals surface area contributed by atoms with Gasteiger partial charge in [-0.25, -0.2) is 9.59 Å². The standard InChI is InChI=1S/C21H30NO5.BrH/c1-22(15-19(23)26-2)13-12-18(14-22)27-20(24)21(25,17-10-6-7-11-17)16-8-4-3-5-9-16;/h3-5,8-9,17-18,25H,6-7,10-15H2,1-2H3;1H/q+1;/p-1/t18-,21?,22?;/m1./s1. The van der Waals surface area contributed by atoms with Gasteiger partial charge in [0.2, 0.25) is 0 Å². The molecule has 1 heterocycles. The average Bonchev–Trinajstić information content (AvgIpc) is 3.32. The summed E-state index contributed by atoms with van der Waals surface area (Å²) >= 11 is 0. The van der Waals surface area contributed by atoms with E-state index in [1.807, 2.05) is 25.2 Å². The topological polar surface area (TPSA) is 72.8 Å². The van der Waals surface area contributed by atoms with Gasteiger partial charge in [-0.1, -0.05) is 43.2 Å². The van der Waals surface area contributed by atoms with E-state index >= 15 is 0 Å². The molecule has 3 rings (SSSR count). The van der Waals surface area contributed by atoms with Crippen LogP contribution in [-0.2, 0) is 24.7 Å². The summed E-state index contributed by atoms with van der Waals surface area (Å²) in [5.74, 6) is -0.946. The van der Waals surface area contributed by atoms with Crippen LogP contribution in [0.5, 0.6) is 0 Å². The van der Waals surface area contributed by atoms with Crippen LogP contribution >= 0.6 is 0 Å². The number of halogens is 1. The molecule has 7 heteroatoms. The van der Waals surface area contributed by atoms with Gasteiger partial charge < -0.3 is 36.0 Å². The summed E-state index contributed by atoms with van der Waals surface area (Å²) < 4.78 is 11.1. The normalized spacial score (nSPS) is 26.9. The van der Waals surface area contributed by atoms with Crippen LogP contribution in [0.1, 0.15) is 37.7 Å². The molecule has 0 radical (unpaired) electrons. The fraction of sp³-hybridized carbons (Fsp3) is 0.619. The summed E-state index contributed by atoms with van der Waals surface area (Å²) in [5, 5.41) is 11.5. The Morgan fingerprint density at radius 1 is 1.18 bits per heavy atom. The maximum atomic E-state index is 13.1. The molecule has 1 aromatic rings. The van der Waals surface area contributed by atoms with Crippen molar-refractivity contribution in [2.24, 2.45) is 5.92 Å². The first kappa shape index (κ1) is 22.8. The molecule has 1 aromatic carbocycles. The number of hydrogen-bond acceptors (Lipinski definition) is 5. The highest BCUT2D eigenvalue weighted by Gasteiger charge is 2.49. The minimum atomic E-state index is -1.61. The molecule has 0 amide bonds. The quantitative estimate of drug-likeness (QED) is 0.440. The number of likely N-dealkylation sites (tertiary alicyclic amines) is 1. The van der Waals surface area contributed by atoms with Gasteiger partial charge in [0.15, 0.2) is 18.2 Å². The van der Waals surface area contributed by atoms with E-state index in [9.17, 15) is 14.7 Å². The summed E-state index contributed by atoms with van der Waals surface area (Å²) in [7, 11) is 3.34. The van der Waals surface area contributed by atoms with Crippen LogP contribution in [0.25, 0.3) is 0 Å². The zero-order chi connectivity index (χ0) is 19.5. The zero-order valence-corrected chi connectivity index (χ0v) is 18.2. The van der Waals surface area contributed by atoms with Crippen LogP contribution in [0.3, 0.4) is 0 Å². The molecule has 0 bridgehead atoms. The van der Waals surface area contributed by atoms with Crippen LogP contribution in [0, 0.1) is 5.92 Å². The highest BCUT2D eigenvalue weighted by atomic mass is 79.9. The minimum absolute atomic E-state index is 0. The predicted molar refractivity (Wildman–Crippen MR) is 99.6 cm³/mol. The Kier molecular flexibility index (Phi) is 7.65. The summed E-state index contributed by atoms with van der Waals surface area (Å²) in [5.41, 5.74) is -1.00. The third-order valence-electron chi connectivity index (χ3n) is 6.12. The number of hydrogen-bond donors (Lipinski definition) is 1. The van der Waals surface area contributed by atoms with Crippen molar-refractivity contribution in [3.05, 3.63) is 35.9 Å². The van der Waals surface area contributed by atoms with Gasteiger partial charge >= 0.3 is 11.9 Å². The lowest BCUT2D eigenvalue weighted by Crippen LogP contribution is -3.00. The lowest BCUT2D eigenvalue weighted by molar-refractivity contribution is -0.891. The number of carbonyl (C=O) groups is 2. The molecule has 6 nitrogen and oxygen atoms in total. The van der Waals surface area contributed by atoms with Gasteiger partial charge in [-0.05, 0) is 18.4 Å². The Balaban J connectivity index is 0.00000280. The van der Waals surface area contributed by atoms with Crippen molar-refractivity contribution < 1.29 is 45.6 Å². The third kappa shape index (κ3) is 4.75. The largest absolute Gasteiger partial charge is 1.00 e. The van der Waals surface area contributed by atoms with Crippen LogP contribution in [-0.4, -0.2) is 61.4 Å². The van der Waals surface area contributed by atoms with E-state index in [-0.39, 0.29) is 41.5 Å². The number of rotatable bonds is 6. The summed E-state index contributed by atoms with van der Waals surface area (Å²) in [4.78, 5) is 24.8. The minimum Gasteiger partial charge on any atom is -1.00 e. The van der Waals surface area contributed by atoms with Crippen molar-refractivity contribution in [2.45, 2.75) is 43.8 Å². The number of benzene rings is 1. The number of ether oxygens (including phenoxy) is 2. The van der Waals surface area contributed by atoms with Gasteiger partial charge in [0, 0.05) is 12.3 Å². The number of aliphatic hydroxyl groups is 1. The maximum Gasteiger partial charge on any atom is 0.361 e. The van der Waals surface area contributed by atoms with E-state index in [0.29, 0.717) is 23.0 Å². The summed E-state index contributed by atoms with van der Waals surface area (Å²) in [6, 6.07) is 9.14. The first-order valence-electron chi connectivity index (χ1n) is 9.77. The Bertz CT molecular complexity index is 679. The monoisotopic (exact) mass is 455 g/mol. The second kappa shape index (κ2) is 9.37. The van der Waals surface area contributed by atoms with Gasteiger partial charge in [0.05, 0.1) is 20.7 Å². The fourth-order valence-corrected chi connectivity index (χ4v) is 4.54. The van der Waals surface area contributed by atoms with Crippen molar-refractivity contribution in [1.82, 2.24) is 0 Å². The van der Waals surface area contributed by atoms with Crippen LogP contribution < -0.4 is 17.0 Å². The third-order valence-corrected chi connectivity index (χ3v) is 6.12. The van der Waals surface area contributed by atoms with E-state index in [2.05, 4.69) is 0 Å². The molecular formula is C21H30BrNO5. The van der Waals surface area contributed by atoms with Gasteiger partial charge in [0.1, 0.15) is 6.54 Å². The fourth-order valence-electron chi connectivity index (χ4n) is 4.54. The van der Waals surface area contributed by atoms with Crippen LogP contribution in [0.15, 0.2) is 30.3 Å². The molecule has 1 saturated carbocycles. The van der Waals surface area contributed by atoms with Crippen LogP contribution in [0.4, 0.5) is 0 Å². The second-order valence-corrected chi connectivity index (χ2v) is 8.19. The number of carbonyl (C=O) groups excluding carboxylic acids is 2. The highest BCUT2D eigenvalue weighted by Crippen LogP contribution is 2.42. The Morgan fingerprint density at radius 2 is 1.82 bits per heavy atom. The SMILES string of the molecule is COC(=O)C[N+]1(C)CC[C@@H](OC(=O)C(O)(c2ccccc2)C2CCCC2)C1.[Br-]. The number of quaternary nitrogens is 1. The molecule has 28 heavy (non-hydrogen) atoms. The van der Waals surface area contributed by atoms with Crippen molar-refractivity contribution in [1.29, 1.82) is 0 Å². The van der Waals surface area contributed by atoms with E-state index in [0.717, 1.165) is 32.2 Å². The first-order valence-corrected chi connectivity index (χ1v) is 9.77. The van der Waals surface area contributed by atoms with Crippen molar-refractivity contribution in [3.8, 4) is 0 Å². The number of likely N-dealkylation sites (N-methyl/N-ethyl adjacent to an activating group) is 1. The molecule has 0 aromatic heterocycles. The molecule has 1 aliphatic carbocycles. The van der Waals surface area contributed by atoms with E-state index in [1.165, 1.54) is 7.11 Å². The number of esters is 2. The molecule has 1 saturated heterocycles. The molecule has 0 spiro atoms. The van der Waals surface area contributed by atoms with Crippen molar-refractivity contribution >= 4 is 11.9 Å². The predicted octanol–water partition coefficient (Wildman–Crippen LogP) is -0.996. The summed E-state index contributed by atoms with van der Waals surface area (Å²) in [6.45, 7) is 1.55. The van der Waals surface area contributed by atoms with E-state index in [1.54, 1.807) is 12.1 Å². The van der Waals surface area contributed by atoms with E-state index < -0.39 is 11.6 Å². The van der Waals surface area contributed by atoms with E-state index in [4.69, 9.17) is 9.47 Å². The van der Waals surface area contributed by atoms with Gasteiger partial charge in [0.25, 0.3) is 0 Å². The van der Waals surface area contributed by atoms with Gasteiger partial charge in [-0.3, -0.25) is 0 Å². The summed E-state index contributed by atoms with van der Waals surface area (Å²) in [6.07, 6.45) is 4.05. The number of methoxy groups -OCH3 is 1. The Morgan fingerprint density at radius 3 is 2.43 bits per heavy atom. The smallest absolute Gasteiger partial charge is 0.361 e. The maximum absolute atomic E-state index is 13.1. The van der Waals surface area contributed by atoms with Gasteiger partial charge in [-0.2, -0.15) is 0 Å². The molecule has 1 N–H and O–H groups in total. The lowest BCUT2D eigenvalue weighted by atomic mass is 9.80. The molecule has 2 unspecified atom stereocenters. The molecule has 2 aliphatic rings. The number of nitrogens with zero attached hydrogens (tertiary/aromatic N) is 1. The lowest BCUT2D eigenvalue weighted by Gasteiger charge is -2.33. The highest BCUT2D eigenvalue weighted by molar-refractivity contribution is 5.81. The van der Waals surface area contributed by atoms with Gasteiger partial charge in [-0.15, -0.1) is 0 Å². The molecule has 3 atom stereocenters. The molecule has 2 fully saturated rings. The van der Waals surface area contributed by atoms with Crippen molar-refractivity contribution in [2.75, 3.05) is 33.8 Å². The van der Waals surface area contributed by atoms with Crippen molar-refractivity contribution in [3.63, 3.8) is 0 Å². The zero-order valence-electron chi connectivity index (χ0n) is 16.6. The first-order chi connectivity index (χ1) is 12.9. The second-order valence-electron chi connectivity index (χ2n) is 8.19. The Labute approximate surface area is 177 Å².